The smallest absolute Gasteiger partial charge is 0.127 e. The van der Waals surface area contributed by atoms with Gasteiger partial charge in [-0.05, 0) is 97.1 Å². The number of phenolic OH excluding ortho intramolecular Hbond substituents is 4. The molecule has 5 aromatic rings. The molecule has 0 atom stereocenters. The largest absolute Gasteiger partial charge is 0.508 e. The van der Waals surface area contributed by atoms with Crippen molar-refractivity contribution in [2.24, 2.45) is 0 Å². The molecular formula is C30H26O6. The predicted octanol–water partition coefficient (Wildman–Crippen LogP) is 7.47. The minimum atomic E-state index is 0.199. The van der Waals surface area contributed by atoms with E-state index < -0.39 is 0 Å². The first kappa shape index (κ1) is 25.5. The molecule has 6 nitrogen and oxygen atoms in total. The topological polar surface area (TPSA) is 99.4 Å². The summed E-state index contributed by atoms with van der Waals surface area (Å²) in [4.78, 5) is 0. The van der Waals surface area contributed by atoms with Gasteiger partial charge in [-0.2, -0.15) is 0 Å². The summed E-state index contributed by atoms with van der Waals surface area (Å²) >= 11 is 0. The highest BCUT2D eigenvalue weighted by molar-refractivity contribution is 5.39. The molecule has 0 saturated carbocycles. The van der Waals surface area contributed by atoms with Crippen LogP contribution in [-0.4, -0.2) is 20.4 Å². The normalized spacial score (nSPS) is 9.56. The molecule has 36 heavy (non-hydrogen) atoms. The highest BCUT2D eigenvalue weighted by atomic mass is 16.5. The van der Waals surface area contributed by atoms with Gasteiger partial charge in [0.2, 0.25) is 0 Å². The fourth-order valence-corrected chi connectivity index (χ4v) is 2.73. The van der Waals surface area contributed by atoms with E-state index in [0.29, 0.717) is 34.5 Å². The van der Waals surface area contributed by atoms with Crippen molar-refractivity contribution < 1.29 is 29.9 Å². The maximum Gasteiger partial charge on any atom is 0.127 e. The van der Waals surface area contributed by atoms with E-state index in [-0.39, 0.29) is 11.5 Å². The Bertz CT molecular complexity index is 1170. The van der Waals surface area contributed by atoms with E-state index in [1.54, 1.807) is 121 Å². The lowest BCUT2D eigenvalue weighted by Crippen LogP contribution is -1.86. The summed E-state index contributed by atoms with van der Waals surface area (Å²) in [6, 6.07) is 37.6. The van der Waals surface area contributed by atoms with E-state index in [0.717, 1.165) is 0 Å². The molecule has 0 heterocycles. The zero-order chi connectivity index (χ0) is 25.6. The third-order valence-corrected chi connectivity index (χ3v) is 4.48. The highest BCUT2D eigenvalue weighted by Gasteiger charge is 2.01. The Morgan fingerprint density at radius 1 is 0.278 bits per heavy atom. The van der Waals surface area contributed by atoms with Gasteiger partial charge in [0.15, 0.2) is 0 Å². The Kier molecular flexibility index (Phi) is 9.62. The third-order valence-electron chi connectivity index (χ3n) is 4.48. The molecule has 5 rings (SSSR count). The van der Waals surface area contributed by atoms with Crippen LogP contribution < -0.4 is 9.47 Å². The number of para-hydroxylation sites is 2. The summed E-state index contributed by atoms with van der Waals surface area (Å²) in [6.07, 6.45) is 0. The number of rotatable bonds is 4. The Morgan fingerprint density at radius 2 is 0.500 bits per heavy atom. The lowest BCUT2D eigenvalue weighted by molar-refractivity contribution is 0.458. The van der Waals surface area contributed by atoms with Crippen molar-refractivity contribution in [1.29, 1.82) is 0 Å². The van der Waals surface area contributed by atoms with E-state index in [1.165, 1.54) is 0 Å². The standard InChI is InChI=1S/C18H14O4.2C6H6O/c19-13-1-5-15(6-2-13)21-17-9-11-18(12-10-17)22-16-7-3-14(20)4-8-16;2*7-6-4-2-1-3-5-6/h1-12,19-20H;2*1-5,7H. The van der Waals surface area contributed by atoms with Crippen LogP contribution in [-0.2, 0) is 0 Å². The van der Waals surface area contributed by atoms with Crippen LogP contribution in [0.2, 0.25) is 0 Å². The van der Waals surface area contributed by atoms with Crippen molar-refractivity contribution in [3.8, 4) is 46.0 Å². The Labute approximate surface area is 209 Å². The zero-order valence-corrected chi connectivity index (χ0v) is 19.3. The third kappa shape index (κ3) is 9.41. The van der Waals surface area contributed by atoms with Crippen molar-refractivity contribution in [3.63, 3.8) is 0 Å². The van der Waals surface area contributed by atoms with Gasteiger partial charge in [-0.25, -0.2) is 0 Å². The molecule has 0 radical (unpaired) electrons. The number of ether oxygens (including phenoxy) is 2. The number of aromatic hydroxyl groups is 4. The predicted molar refractivity (Wildman–Crippen MR) is 139 cm³/mol. The van der Waals surface area contributed by atoms with Gasteiger partial charge in [0, 0.05) is 0 Å². The van der Waals surface area contributed by atoms with Crippen LogP contribution >= 0.6 is 0 Å². The first-order chi connectivity index (χ1) is 17.5. The average molecular weight is 483 g/mol. The van der Waals surface area contributed by atoms with Crippen LogP contribution in [0.25, 0.3) is 0 Å². The maximum absolute atomic E-state index is 9.23. The van der Waals surface area contributed by atoms with Crippen molar-refractivity contribution in [2.75, 3.05) is 0 Å². The molecule has 0 unspecified atom stereocenters. The van der Waals surface area contributed by atoms with Crippen molar-refractivity contribution in [1.82, 2.24) is 0 Å². The molecule has 0 aliphatic heterocycles. The van der Waals surface area contributed by atoms with Gasteiger partial charge in [-0.1, -0.05) is 36.4 Å². The molecule has 0 aliphatic carbocycles. The average Bonchev–Trinajstić information content (AvgIpc) is 2.90. The summed E-state index contributed by atoms with van der Waals surface area (Å²) in [6.45, 7) is 0. The van der Waals surface area contributed by atoms with Gasteiger partial charge < -0.3 is 29.9 Å². The summed E-state index contributed by atoms with van der Waals surface area (Å²) in [5, 5.41) is 35.7. The van der Waals surface area contributed by atoms with Gasteiger partial charge in [0.25, 0.3) is 0 Å². The number of phenols is 4. The fourth-order valence-electron chi connectivity index (χ4n) is 2.73. The van der Waals surface area contributed by atoms with Crippen LogP contribution in [0.5, 0.6) is 46.0 Å². The zero-order valence-electron chi connectivity index (χ0n) is 19.3. The lowest BCUT2D eigenvalue weighted by atomic mass is 10.3. The summed E-state index contributed by atoms with van der Waals surface area (Å²) in [7, 11) is 0. The monoisotopic (exact) mass is 482 g/mol. The van der Waals surface area contributed by atoms with E-state index in [1.807, 2.05) is 12.1 Å². The summed E-state index contributed by atoms with van der Waals surface area (Å²) < 4.78 is 11.3. The Morgan fingerprint density at radius 3 is 0.722 bits per heavy atom. The minimum Gasteiger partial charge on any atom is -0.508 e. The first-order valence-corrected chi connectivity index (χ1v) is 11.0. The molecule has 0 saturated heterocycles. The molecule has 0 aromatic heterocycles. The summed E-state index contributed by atoms with van der Waals surface area (Å²) in [5.74, 6) is 3.67. The number of hydrogen-bond acceptors (Lipinski definition) is 6. The maximum atomic E-state index is 9.23. The SMILES string of the molecule is Oc1ccc(Oc2ccc(Oc3ccc(O)cc3)cc2)cc1.Oc1ccccc1.Oc1ccccc1. The van der Waals surface area contributed by atoms with Gasteiger partial charge in [-0.3, -0.25) is 0 Å². The molecule has 0 aliphatic rings. The van der Waals surface area contributed by atoms with E-state index in [9.17, 15) is 10.2 Å². The van der Waals surface area contributed by atoms with Crippen molar-refractivity contribution in [3.05, 3.63) is 133 Å². The van der Waals surface area contributed by atoms with Crippen LogP contribution in [0.1, 0.15) is 0 Å². The number of hydrogen-bond donors (Lipinski definition) is 4. The molecule has 0 bridgehead atoms. The van der Waals surface area contributed by atoms with Crippen LogP contribution in [0.4, 0.5) is 0 Å². The van der Waals surface area contributed by atoms with E-state index in [4.69, 9.17) is 19.7 Å². The molecule has 0 spiro atoms. The first-order valence-electron chi connectivity index (χ1n) is 11.0. The molecule has 0 fully saturated rings. The Balaban J connectivity index is 0.000000209. The molecule has 5 aromatic carbocycles. The van der Waals surface area contributed by atoms with E-state index >= 15 is 0 Å². The highest BCUT2D eigenvalue weighted by Crippen LogP contribution is 2.28. The quantitative estimate of drug-likeness (QED) is 0.212. The van der Waals surface area contributed by atoms with Gasteiger partial charge >= 0.3 is 0 Å². The number of benzene rings is 5. The van der Waals surface area contributed by atoms with Crippen LogP contribution in [0.15, 0.2) is 133 Å². The summed E-state index contributed by atoms with van der Waals surface area (Å²) in [5.41, 5.74) is 0. The van der Waals surface area contributed by atoms with Crippen molar-refractivity contribution in [2.45, 2.75) is 0 Å². The van der Waals surface area contributed by atoms with Crippen molar-refractivity contribution >= 4 is 0 Å². The Hall–Kier alpha value is -5.10. The minimum absolute atomic E-state index is 0.199. The molecule has 182 valence electrons. The fraction of sp³-hybridized carbons (Fsp3) is 0. The second-order valence-electron chi connectivity index (χ2n) is 7.33. The van der Waals surface area contributed by atoms with Crippen LogP contribution in [0.3, 0.4) is 0 Å². The van der Waals surface area contributed by atoms with Gasteiger partial charge in [0.1, 0.15) is 46.0 Å². The molecule has 6 heteroatoms. The van der Waals surface area contributed by atoms with Gasteiger partial charge in [-0.15, -0.1) is 0 Å². The van der Waals surface area contributed by atoms with E-state index in [2.05, 4.69) is 0 Å². The molecule has 0 amide bonds. The lowest BCUT2D eigenvalue weighted by Gasteiger charge is -2.08. The molecule has 4 N–H and O–H groups in total. The molecular weight excluding hydrogens is 456 g/mol. The van der Waals surface area contributed by atoms with Crippen LogP contribution in [0, 0.1) is 0 Å². The second-order valence-corrected chi connectivity index (χ2v) is 7.33. The van der Waals surface area contributed by atoms with Gasteiger partial charge in [0.05, 0.1) is 0 Å². The second kappa shape index (κ2) is 13.6.